The van der Waals surface area contributed by atoms with Gasteiger partial charge in [-0.2, -0.15) is 0 Å². The first kappa shape index (κ1) is 6.79. The van der Waals surface area contributed by atoms with Gasteiger partial charge in [0.25, 0.3) is 0 Å². The molecule has 56 valence electrons. The smallest absolute Gasteiger partial charge is 0.341 e. The second-order valence-electron chi connectivity index (χ2n) is 2.19. The van der Waals surface area contributed by atoms with Gasteiger partial charge in [-0.1, -0.05) is 0 Å². The highest BCUT2D eigenvalue weighted by Crippen LogP contribution is 2.24. The van der Waals surface area contributed by atoms with E-state index in [-0.39, 0.29) is 5.97 Å². The van der Waals surface area contributed by atoms with Crippen LogP contribution in [0.1, 0.15) is 16.1 Å². The van der Waals surface area contributed by atoms with Gasteiger partial charge in [-0.25, -0.2) is 4.79 Å². The summed E-state index contributed by atoms with van der Waals surface area (Å²) in [5.74, 6) is -0.292. The van der Waals surface area contributed by atoms with Crippen LogP contribution >= 0.6 is 15.9 Å². The summed E-state index contributed by atoms with van der Waals surface area (Å²) in [6.45, 7) is 0.299. The molecule has 2 rings (SSSR count). The van der Waals surface area contributed by atoms with Gasteiger partial charge in [0.2, 0.25) is 0 Å². The van der Waals surface area contributed by atoms with Crippen LogP contribution in [-0.2, 0) is 11.3 Å². The maximum absolute atomic E-state index is 11.0. The molecule has 1 aliphatic heterocycles. The number of nitrogens with zero attached hydrogens (tertiary/aromatic N) is 1. The SMILES string of the molecule is O=C1OCc2nccc(Br)c21. The first-order chi connectivity index (χ1) is 5.29. The zero-order chi connectivity index (χ0) is 7.84. The van der Waals surface area contributed by atoms with Gasteiger partial charge >= 0.3 is 5.97 Å². The van der Waals surface area contributed by atoms with Crippen molar-refractivity contribution in [1.82, 2.24) is 4.98 Å². The largest absolute Gasteiger partial charge is 0.455 e. The van der Waals surface area contributed by atoms with Crippen molar-refractivity contribution in [1.29, 1.82) is 0 Å². The minimum Gasteiger partial charge on any atom is -0.455 e. The fourth-order valence-electron chi connectivity index (χ4n) is 1.01. The van der Waals surface area contributed by atoms with E-state index < -0.39 is 0 Å². The molecule has 4 heteroatoms. The highest BCUT2D eigenvalue weighted by atomic mass is 79.9. The topological polar surface area (TPSA) is 39.2 Å². The van der Waals surface area contributed by atoms with Gasteiger partial charge in [-0.15, -0.1) is 0 Å². The van der Waals surface area contributed by atoms with Crippen LogP contribution in [0.4, 0.5) is 0 Å². The Kier molecular flexibility index (Phi) is 1.42. The number of pyridine rings is 1. The number of carbonyl (C=O) groups excluding carboxylic acids is 1. The number of ether oxygens (including phenoxy) is 1. The van der Waals surface area contributed by atoms with Crippen LogP contribution in [0.15, 0.2) is 16.7 Å². The Morgan fingerprint density at radius 3 is 3.18 bits per heavy atom. The highest BCUT2D eigenvalue weighted by Gasteiger charge is 2.24. The summed E-state index contributed by atoms with van der Waals surface area (Å²) in [5, 5.41) is 0. The number of halogens is 1. The zero-order valence-corrected chi connectivity index (χ0v) is 7.09. The Bertz CT molecular complexity index is 324. The summed E-state index contributed by atoms with van der Waals surface area (Å²) in [4.78, 5) is 15.0. The van der Waals surface area contributed by atoms with Gasteiger partial charge in [-0.3, -0.25) is 4.98 Å². The van der Waals surface area contributed by atoms with Gasteiger partial charge in [-0.05, 0) is 22.0 Å². The molecule has 0 amide bonds. The number of hydrogen-bond donors (Lipinski definition) is 0. The number of cyclic esters (lactones) is 1. The predicted octanol–water partition coefficient (Wildman–Crippen LogP) is 1.51. The summed E-state index contributed by atoms with van der Waals surface area (Å²) in [5.41, 5.74) is 1.27. The second-order valence-corrected chi connectivity index (χ2v) is 3.04. The lowest BCUT2D eigenvalue weighted by atomic mass is 10.2. The van der Waals surface area contributed by atoms with Crippen molar-refractivity contribution in [3.63, 3.8) is 0 Å². The minimum absolute atomic E-state index is 0.292. The average Bonchev–Trinajstić information content (AvgIpc) is 2.34. The summed E-state index contributed by atoms with van der Waals surface area (Å²) < 4.78 is 5.53. The van der Waals surface area contributed by atoms with Crippen molar-refractivity contribution < 1.29 is 9.53 Å². The molecule has 0 atom stereocenters. The molecule has 2 heterocycles. The monoisotopic (exact) mass is 213 g/mol. The number of hydrogen-bond acceptors (Lipinski definition) is 3. The zero-order valence-electron chi connectivity index (χ0n) is 5.50. The van der Waals surface area contributed by atoms with Gasteiger partial charge < -0.3 is 4.74 Å². The molecule has 0 saturated heterocycles. The van der Waals surface area contributed by atoms with Gasteiger partial charge in [0.15, 0.2) is 0 Å². The molecule has 0 aliphatic carbocycles. The predicted molar refractivity (Wildman–Crippen MR) is 41.1 cm³/mol. The molecule has 0 radical (unpaired) electrons. The summed E-state index contributed by atoms with van der Waals surface area (Å²) >= 11 is 3.25. The van der Waals surface area contributed by atoms with Crippen molar-refractivity contribution in [3.8, 4) is 0 Å². The van der Waals surface area contributed by atoms with Crippen molar-refractivity contribution >= 4 is 21.9 Å². The normalized spacial score (nSPS) is 14.5. The van der Waals surface area contributed by atoms with E-state index in [4.69, 9.17) is 4.74 Å². The molecule has 3 nitrogen and oxygen atoms in total. The molecule has 0 saturated carbocycles. The number of esters is 1. The van der Waals surface area contributed by atoms with Gasteiger partial charge in [0.05, 0.1) is 11.3 Å². The maximum atomic E-state index is 11.0. The van der Waals surface area contributed by atoms with Crippen molar-refractivity contribution in [2.45, 2.75) is 6.61 Å². The van der Waals surface area contributed by atoms with E-state index in [2.05, 4.69) is 20.9 Å². The van der Waals surface area contributed by atoms with Crippen LogP contribution < -0.4 is 0 Å². The van der Waals surface area contributed by atoms with E-state index in [9.17, 15) is 4.79 Å². The Labute approximate surface area is 71.5 Å². The van der Waals surface area contributed by atoms with Gasteiger partial charge in [0, 0.05) is 10.7 Å². The summed E-state index contributed by atoms with van der Waals surface area (Å²) in [6, 6.07) is 1.73. The number of aromatic nitrogens is 1. The van der Waals surface area contributed by atoms with E-state index in [0.717, 1.165) is 4.47 Å². The van der Waals surface area contributed by atoms with E-state index in [0.29, 0.717) is 17.9 Å². The summed E-state index contributed by atoms with van der Waals surface area (Å²) in [7, 11) is 0. The molecule has 11 heavy (non-hydrogen) atoms. The highest BCUT2D eigenvalue weighted by molar-refractivity contribution is 9.10. The lowest BCUT2D eigenvalue weighted by Gasteiger charge is -1.93. The minimum atomic E-state index is -0.292. The Morgan fingerprint density at radius 2 is 2.45 bits per heavy atom. The van der Waals surface area contributed by atoms with Crippen LogP contribution in [0.3, 0.4) is 0 Å². The van der Waals surface area contributed by atoms with Crippen LogP contribution in [0.25, 0.3) is 0 Å². The van der Waals surface area contributed by atoms with E-state index >= 15 is 0 Å². The molecule has 1 aromatic heterocycles. The third kappa shape index (κ3) is 0.939. The molecule has 0 bridgehead atoms. The lowest BCUT2D eigenvalue weighted by Crippen LogP contribution is -1.95. The Balaban J connectivity index is 2.68. The summed E-state index contributed by atoms with van der Waals surface area (Å²) in [6.07, 6.45) is 1.64. The third-order valence-corrected chi connectivity index (χ3v) is 2.18. The van der Waals surface area contributed by atoms with Crippen molar-refractivity contribution in [3.05, 3.63) is 28.0 Å². The average molecular weight is 214 g/mol. The quantitative estimate of drug-likeness (QED) is 0.614. The standard InChI is InChI=1S/C7H4BrNO2/c8-4-1-2-9-5-3-11-7(10)6(4)5/h1-2H,3H2. The molecule has 0 unspecified atom stereocenters. The Hall–Kier alpha value is -0.900. The van der Waals surface area contributed by atoms with Crippen LogP contribution in [0.2, 0.25) is 0 Å². The molecule has 0 spiro atoms. The first-order valence-electron chi connectivity index (χ1n) is 3.09. The van der Waals surface area contributed by atoms with Crippen LogP contribution in [-0.4, -0.2) is 11.0 Å². The molecule has 1 aromatic rings. The van der Waals surface area contributed by atoms with Crippen LogP contribution in [0, 0.1) is 0 Å². The molecular weight excluding hydrogens is 210 g/mol. The maximum Gasteiger partial charge on any atom is 0.341 e. The first-order valence-corrected chi connectivity index (χ1v) is 3.89. The van der Waals surface area contributed by atoms with Crippen LogP contribution in [0.5, 0.6) is 0 Å². The van der Waals surface area contributed by atoms with E-state index in [1.165, 1.54) is 0 Å². The second kappa shape index (κ2) is 2.30. The molecular formula is C7H4BrNO2. The number of rotatable bonds is 0. The fraction of sp³-hybridized carbons (Fsp3) is 0.143. The van der Waals surface area contributed by atoms with Gasteiger partial charge in [0.1, 0.15) is 6.61 Å². The molecule has 0 aromatic carbocycles. The fourth-order valence-corrected chi connectivity index (χ4v) is 1.52. The number of carbonyl (C=O) groups is 1. The number of fused-ring (bicyclic) bond motifs is 1. The van der Waals surface area contributed by atoms with E-state index in [1.54, 1.807) is 12.3 Å². The molecule has 1 aliphatic rings. The Morgan fingerprint density at radius 1 is 1.64 bits per heavy atom. The molecule has 0 N–H and O–H groups in total. The van der Waals surface area contributed by atoms with E-state index in [1.807, 2.05) is 0 Å². The lowest BCUT2D eigenvalue weighted by molar-refractivity contribution is 0.0532. The third-order valence-electron chi connectivity index (χ3n) is 1.52. The molecule has 0 fully saturated rings. The van der Waals surface area contributed by atoms with Crippen molar-refractivity contribution in [2.24, 2.45) is 0 Å². The van der Waals surface area contributed by atoms with Crippen molar-refractivity contribution in [2.75, 3.05) is 0 Å².